The van der Waals surface area contributed by atoms with E-state index in [4.69, 9.17) is 9.16 Å². The Hall–Kier alpha value is -4.12. The fourth-order valence-corrected chi connectivity index (χ4v) is 6.39. The highest BCUT2D eigenvalue weighted by Crippen LogP contribution is 2.41. The van der Waals surface area contributed by atoms with Crippen molar-refractivity contribution in [2.75, 3.05) is 25.0 Å². The van der Waals surface area contributed by atoms with Crippen molar-refractivity contribution in [2.45, 2.75) is 70.7 Å². The van der Waals surface area contributed by atoms with E-state index in [-0.39, 0.29) is 22.5 Å². The molecule has 0 aliphatic heterocycles. The molecule has 9 nitrogen and oxygen atoms in total. The third-order valence-corrected chi connectivity index (χ3v) is 13.1. The number of amides is 1. The number of aromatic amines is 1. The number of ether oxygens (including phenoxy) is 1. The molecule has 0 aliphatic rings. The summed E-state index contributed by atoms with van der Waals surface area (Å²) >= 11 is 0. The minimum Gasteiger partial charge on any atom is -0.506 e. The van der Waals surface area contributed by atoms with Gasteiger partial charge in [0.05, 0.1) is 23.9 Å². The summed E-state index contributed by atoms with van der Waals surface area (Å²) in [6.07, 6.45) is 2.56. The molecule has 0 saturated carbocycles. The number of H-pyrrole nitrogens is 1. The van der Waals surface area contributed by atoms with Crippen molar-refractivity contribution in [3.05, 3.63) is 88.7 Å². The number of phenols is 1. The van der Waals surface area contributed by atoms with E-state index >= 15 is 0 Å². The molecule has 1 aromatic heterocycles. The van der Waals surface area contributed by atoms with Crippen LogP contribution in [0.3, 0.4) is 0 Å². The lowest BCUT2D eigenvalue weighted by Gasteiger charge is -2.39. The van der Waals surface area contributed by atoms with Gasteiger partial charge in [0.2, 0.25) is 5.56 Å². The molecule has 46 heavy (non-hydrogen) atoms. The molecule has 0 saturated heterocycles. The van der Waals surface area contributed by atoms with Crippen LogP contribution in [0.5, 0.6) is 11.5 Å². The maximum Gasteiger partial charge on any atom is 0.409 e. The predicted molar refractivity (Wildman–Crippen MR) is 188 cm³/mol. The largest absolute Gasteiger partial charge is 0.506 e. The van der Waals surface area contributed by atoms with Gasteiger partial charge >= 0.3 is 6.09 Å². The highest BCUT2D eigenvalue weighted by atomic mass is 28.4. The molecule has 5 N–H and O–H groups in total. The van der Waals surface area contributed by atoms with Crippen LogP contribution in [0.1, 0.15) is 58.1 Å². The summed E-state index contributed by atoms with van der Waals surface area (Å²) in [5.41, 5.74) is 3.33. The molecule has 4 rings (SSSR count). The van der Waals surface area contributed by atoms with Crippen LogP contribution in [0, 0.1) is 0 Å². The number of hydrogen-bond acceptors (Lipinski definition) is 6. The van der Waals surface area contributed by atoms with Gasteiger partial charge in [0.25, 0.3) is 0 Å². The second-order valence-corrected chi connectivity index (χ2v) is 17.9. The fraction of sp³-hybridized carbons (Fsp3) is 0.389. The van der Waals surface area contributed by atoms with Crippen LogP contribution >= 0.6 is 0 Å². The van der Waals surface area contributed by atoms with Gasteiger partial charge in [0.15, 0.2) is 8.32 Å². The summed E-state index contributed by atoms with van der Waals surface area (Å²) in [5, 5.41) is 26.6. The first kappa shape index (κ1) is 34.7. The lowest BCUT2D eigenvalue weighted by molar-refractivity contribution is 0.181. The summed E-state index contributed by atoms with van der Waals surface area (Å²) in [6, 6.07) is 21.9. The molecule has 1 atom stereocenters. The standard InChI is InChI=1S/C36H47N3O6Si/c1-36(2,3)46(4,5)45-32(28-17-19-31(40)34-29(28)18-20-33(41)39-34)24-37-21-11-6-7-12-22-44-26-15-16-27(25-13-9-8-10-14-25)30(23-26)38-35(42)43/h8-10,13-20,23,32,37-38,40H,6-7,11-12,21-22,24H2,1-5H3,(H,39,41)(H,42,43)/t32-/m1/s1. The number of pyridine rings is 1. The predicted octanol–water partition coefficient (Wildman–Crippen LogP) is 8.28. The molecule has 10 heteroatoms. The number of carbonyl (C=O) groups is 1. The highest BCUT2D eigenvalue weighted by molar-refractivity contribution is 6.74. The van der Waals surface area contributed by atoms with E-state index in [0.717, 1.165) is 54.3 Å². The molecule has 3 aromatic carbocycles. The Bertz CT molecular complexity index is 1670. The number of fused-ring (bicyclic) bond motifs is 1. The molecule has 1 heterocycles. The zero-order valence-electron chi connectivity index (χ0n) is 27.5. The maximum absolute atomic E-state index is 12.0. The smallest absolute Gasteiger partial charge is 0.409 e. The Kier molecular flexibility index (Phi) is 11.7. The Labute approximate surface area is 272 Å². The van der Waals surface area contributed by atoms with Gasteiger partial charge < -0.3 is 29.7 Å². The second-order valence-electron chi connectivity index (χ2n) is 13.1. The zero-order valence-corrected chi connectivity index (χ0v) is 28.5. The number of benzene rings is 3. The lowest BCUT2D eigenvalue weighted by Crippen LogP contribution is -2.43. The van der Waals surface area contributed by atoms with Crippen molar-refractivity contribution in [1.82, 2.24) is 10.3 Å². The Morgan fingerprint density at radius 1 is 0.957 bits per heavy atom. The van der Waals surface area contributed by atoms with E-state index in [1.54, 1.807) is 18.2 Å². The van der Waals surface area contributed by atoms with Gasteiger partial charge in [-0.25, -0.2) is 4.79 Å². The van der Waals surface area contributed by atoms with Crippen molar-refractivity contribution in [2.24, 2.45) is 0 Å². The first-order valence-electron chi connectivity index (χ1n) is 15.9. The molecule has 0 spiro atoms. The van der Waals surface area contributed by atoms with Crippen molar-refractivity contribution in [3.63, 3.8) is 0 Å². The molecule has 0 radical (unpaired) electrons. The van der Waals surface area contributed by atoms with Crippen molar-refractivity contribution >= 4 is 31.0 Å². The number of hydrogen-bond donors (Lipinski definition) is 5. The number of phenolic OH excluding ortho intramolecular Hbond substituents is 1. The SMILES string of the molecule is CC(C)(C)[Si](C)(C)O[C@H](CNCCCCCCOc1ccc(-c2ccccc2)c(NC(=O)O)c1)c1ccc(O)c2[nH]c(=O)ccc12. The van der Waals surface area contributed by atoms with Gasteiger partial charge in [-0.15, -0.1) is 0 Å². The molecule has 0 aliphatic carbocycles. The first-order valence-corrected chi connectivity index (χ1v) is 18.8. The second kappa shape index (κ2) is 15.4. The summed E-state index contributed by atoms with van der Waals surface area (Å²) < 4.78 is 12.8. The van der Waals surface area contributed by atoms with Crippen LogP contribution < -0.4 is 20.9 Å². The minimum atomic E-state index is -2.13. The molecular formula is C36H47N3O6Si. The van der Waals surface area contributed by atoms with E-state index in [0.29, 0.717) is 30.1 Å². The molecule has 246 valence electrons. The Morgan fingerprint density at radius 2 is 1.70 bits per heavy atom. The fourth-order valence-electron chi connectivity index (χ4n) is 5.12. The molecule has 0 bridgehead atoms. The van der Waals surface area contributed by atoms with Crippen molar-refractivity contribution < 1.29 is 24.2 Å². The number of aromatic nitrogens is 1. The molecule has 4 aromatic rings. The third kappa shape index (κ3) is 9.21. The average molecular weight is 646 g/mol. The summed E-state index contributed by atoms with van der Waals surface area (Å²) in [6.45, 7) is 13.1. The van der Waals surface area contributed by atoms with E-state index in [1.165, 1.54) is 6.07 Å². The highest BCUT2D eigenvalue weighted by Gasteiger charge is 2.39. The number of rotatable bonds is 15. The number of unbranched alkanes of at least 4 members (excludes halogenated alkanes) is 3. The van der Waals surface area contributed by atoms with E-state index in [9.17, 15) is 19.8 Å². The molecule has 0 fully saturated rings. The number of nitrogens with one attached hydrogen (secondary N) is 3. The van der Waals surface area contributed by atoms with E-state index < -0.39 is 14.4 Å². The molecule has 0 unspecified atom stereocenters. The summed E-state index contributed by atoms with van der Waals surface area (Å²) in [7, 11) is -2.13. The van der Waals surface area contributed by atoms with Gasteiger partial charge in [0, 0.05) is 29.6 Å². The van der Waals surface area contributed by atoms with Gasteiger partial charge in [-0.1, -0.05) is 70.0 Å². The summed E-state index contributed by atoms with van der Waals surface area (Å²) in [4.78, 5) is 26.1. The van der Waals surface area contributed by atoms with Crippen LogP contribution in [0.2, 0.25) is 18.1 Å². The number of carboxylic acid groups (broad SMARTS) is 1. The normalized spacial score (nSPS) is 12.6. The van der Waals surface area contributed by atoms with Crippen LogP contribution in [0.25, 0.3) is 22.0 Å². The lowest BCUT2D eigenvalue weighted by atomic mass is 10.0. The van der Waals surface area contributed by atoms with Gasteiger partial charge in [-0.2, -0.15) is 0 Å². The van der Waals surface area contributed by atoms with Crippen LogP contribution in [0.4, 0.5) is 10.5 Å². The maximum atomic E-state index is 12.0. The zero-order chi connectivity index (χ0) is 33.3. The Morgan fingerprint density at radius 3 is 2.41 bits per heavy atom. The third-order valence-electron chi connectivity index (χ3n) is 8.66. The average Bonchev–Trinajstić information content (AvgIpc) is 3.00. The van der Waals surface area contributed by atoms with E-state index in [1.807, 2.05) is 48.5 Å². The van der Waals surface area contributed by atoms with Crippen LogP contribution in [-0.2, 0) is 4.43 Å². The van der Waals surface area contributed by atoms with Crippen LogP contribution in [0.15, 0.2) is 77.6 Å². The van der Waals surface area contributed by atoms with Gasteiger partial charge in [-0.05, 0) is 72.9 Å². The topological polar surface area (TPSA) is 133 Å². The minimum absolute atomic E-state index is 0.0205. The van der Waals surface area contributed by atoms with Crippen molar-refractivity contribution in [3.8, 4) is 22.6 Å². The van der Waals surface area contributed by atoms with Gasteiger partial charge in [0.1, 0.15) is 11.5 Å². The first-order chi connectivity index (χ1) is 21.9. The van der Waals surface area contributed by atoms with Gasteiger partial charge in [-0.3, -0.25) is 10.1 Å². The monoisotopic (exact) mass is 645 g/mol. The van der Waals surface area contributed by atoms with Crippen LogP contribution in [-0.4, -0.2) is 49.3 Å². The molecule has 1 amide bonds. The quantitative estimate of drug-likeness (QED) is 0.0649. The number of anilines is 1. The van der Waals surface area contributed by atoms with E-state index in [2.05, 4.69) is 49.5 Å². The number of aromatic hydroxyl groups is 1. The summed E-state index contributed by atoms with van der Waals surface area (Å²) in [5.74, 6) is 0.671. The molecular weight excluding hydrogens is 598 g/mol. The van der Waals surface area contributed by atoms with Crippen molar-refractivity contribution in [1.29, 1.82) is 0 Å². The Balaban J connectivity index is 1.28.